The van der Waals surface area contributed by atoms with Gasteiger partial charge in [0, 0.05) is 11.6 Å². The van der Waals surface area contributed by atoms with E-state index in [1.165, 1.54) is 12.1 Å². The Balaban J connectivity index is 2.37. The zero-order valence-electron chi connectivity index (χ0n) is 8.24. The van der Waals surface area contributed by atoms with Crippen molar-refractivity contribution in [1.82, 2.24) is 4.90 Å². The second-order valence-corrected chi connectivity index (χ2v) is 3.80. The second kappa shape index (κ2) is 3.95. The quantitative estimate of drug-likeness (QED) is 0.734. The van der Waals surface area contributed by atoms with Gasteiger partial charge in [-0.25, -0.2) is 0 Å². The van der Waals surface area contributed by atoms with Gasteiger partial charge in [-0.1, -0.05) is 11.6 Å². The van der Waals surface area contributed by atoms with Gasteiger partial charge >= 0.3 is 0 Å². The lowest BCUT2D eigenvalue weighted by atomic mass is 10.1. The fourth-order valence-electron chi connectivity index (χ4n) is 1.63. The first-order chi connectivity index (χ1) is 7.65. The van der Waals surface area contributed by atoms with Gasteiger partial charge in [0.05, 0.1) is 23.6 Å². The number of rotatable bonds is 2. The van der Waals surface area contributed by atoms with Crippen molar-refractivity contribution < 1.29 is 9.59 Å². The molecule has 0 bridgehead atoms. The molecular formula is C11H7ClN2O2. The number of benzene rings is 1. The smallest absolute Gasteiger partial charge is 0.261 e. The zero-order chi connectivity index (χ0) is 11.7. The van der Waals surface area contributed by atoms with Crippen LogP contribution in [0.5, 0.6) is 0 Å². The van der Waals surface area contributed by atoms with Crippen LogP contribution < -0.4 is 0 Å². The summed E-state index contributed by atoms with van der Waals surface area (Å²) in [6, 6.07) is 6.48. The number of imide groups is 1. The second-order valence-electron chi connectivity index (χ2n) is 3.36. The van der Waals surface area contributed by atoms with Crippen LogP contribution in [0.1, 0.15) is 27.1 Å². The molecule has 0 saturated heterocycles. The average molecular weight is 235 g/mol. The van der Waals surface area contributed by atoms with Gasteiger partial charge in [0.2, 0.25) is 0 Å². The Labute approximate surface area is 97.0 Å². The maximum absolute atomic E-state index is 11.8. The van der Waals surface area contributed by atoms with E-state index in [0.29, 0.717) is 16.1 Å². The van der Waals surface area contributed by atoms with E-state index in [9.17, 15) is 9.59 Å². The van der Waals surface area contributed by atoms with Gasteiger partial charge in [-0.05, 0) is 18.2 Å². The molecule has 80 valence electrons. The molecule has 4 nitrogen and oxygen atoms in total. The topological polar surface area (TPSA) is 61.2 Å². The zero-order valence-corrected chi connectivity index (χ0v) is 8.99. The van der Waals surface area contributed by atoms with Crippen LogP contribution >= 0.6 is 11.6 Å². The highest BCUT2D eigenvalue weighted by atomic mass is 35.5. The van der Waals surface area contributed by atoms with Gasteiger partial charge in [0.25, 0.3) is 11.8 Å². The molecule has 0 aliphatic carbocycles. The highest BCUT2D eigenvalue weighted by Crippen LogP contribution is 2.25. The maximum Gasteiger partial charge on any atom is 0.261 e. The first-order valence-electron chi connectivity index (χ1n) is 4.68. The van der Waals surface area contributed by atoms with Crippen molar-refractivity contribution in [2.45, 2.75) is 6.42 Å². The van der Waals surface area contributed by atoms with Crippen molar-refractivity contribution in [1.29, 1.82) is 5.26 Å². The van der Waals surface area contributed by atoms with Gasteiger partial charge in [-0.15, -0.1) is 0 Å². The summed E-state index contributed by atoms with van der Waals surface area (Å²) in [6.07, 6.45) is 0.138. The summed E-state index contributed by atoms with van der Waals surface area (Å²) in [7, 11) is 0. The number of carbonyl (C=O) groups is 2. The van der Waals surface area contributed by atoms with Crippen molar-refractivity contribution in [3.63, 3.8) is 0 Å². The first kappa shape index (κ1) is 10.7. The van der Waals surface area contributed by atoms with Gasteiger partial charge < -0.3 is 0 Å². The molecule has 0 atom stereocenters. The highest BCUT2D eigenvalue weighted by Gasteiger charge is 2.34. The molecule has 2 rings (SSSR count). The molecule has 2 amide bonds. The van der Waals surface area contributed by atoms with E-state index in [4.69, 9.17) is 16.9 Å². The first-order valence-corrected chi connectivity index (χ1v) is 5.05. The monoisotopic (exact) mass is 234 g/mol. The van der Waals surface area contributed by atoms with Gasteiger partial charge in [-0.3, -0.25) is 14.5 Å². The molecule has 0 fully saturated rings. The molecule has 0 radical (unpaired) electrons. The van der Waals surface area contributed by atoms with Crippen LogP contribution in [0.25, 0.3) is 0 Å². The lowest BCUT2D eigenvalue weighted by Crippen LogP contribution is -2.30. The number of nitrogens with zero attached hydrogens (tertiary/aromatic N) is 2. The van der Waals surface area contributed by atoms with Gasteiger partial charge in [0.15, 0.2) is 0 Å². The lowest BCUT2D eigenvalue weighted by Gasteiger charge is -2.10. The van der Waals surface area contributed by atoms with E-state index in [1.54, 1.807) is 6.07 Å². The summed E-state index contributed by atoms with van der Waals surface area (Å²) in [6.45, 7) is 0.125. The van der Waals surface area contributed by atoms with Crippen molar-refractivity contribution in [3.8, 4) is 6.07 Å². The van der Waals surface area contributed by atoms with E-state index in [1.807, 2.05) is 6.07 Å². The van der Waals surface area contributed by atoms with Crippen LogP contribution in [0.4, 0.5) is 0 Å². The highest BCUT2D eigenvalue weighted by molar-refractivity contribution is 6.32. The van der Waals surface area contributed by atoms with Crippen LogP contribution in [0.15, 0.2) is 18.2 Å². The maximum atomic E-state index is 11.8. The minimum atomic E-state index is -0.377. The molecule has 1 aliphatic rings. The number of amides is 2. The standard InChI is InChI=1S/C11H7ClN2O2/c12-7-2-3-8-9(6-7)11(16)14(10(8)15)5-1-4-13/h2-3,6H,1,5H2. The van der Waals surface area contributed by atoms with Crippen LogP contribution in [0.3, 0.4) is 0 Å². The fraction of sp³-hybridized carbons (Fsp3) is 0.182. The van der Waals surface area contributed by atoms with E-state index in [0.717, 1.165) is 4.90 Å². The number of hydrogen-bond donors (Lipinski definition) is 0. The molecule has 1 aromatic carbocycles. The largest absolute Gasteiger partial charge is 0.273 e. The van der Waals surface area contributed by atoms with Crippen LogP contribution in [0, 0.1) is 11.3 Å². The van der Waals surface area contributed by atoms with Gasteiger partial charge in [-0.2, -0.15) is 5.26 Å². The van der Waals surface area contributed by atoms with Gasteiger partial charge in [0.1, 0.15) is 0 Å². The van der Waals surface area contributed by atoms with E-state index in [-0.39, 0.29) is 24.8 Å². The Morgan fingerprint density at radius 1 is 1.25 bits per heavy atom. The predicted molar refractivity (Wildman–Crippen MR) is 57.0 cm³/mol. The third kappa shape index (κ3) is 1.55. The molecule has 5 heteroatoms. The summed E-state index contributed by atoms with van der Waals surface area (Å²) in [5.41, 5.74) is 0.669. The molecule has 1 aliphatic heterocycles. The molecule has 0 spiro atoms. The molecule has 1 aromatic rings. The van der Waals surface area contributed by atoms with Crippen LogP contribution in [-0.2, 0) is 0 Å². The van der Waals surface area contributed by atoms with Crippen LogP contribution in [-0.4, -0.2) is 23.3 Å². The van der Waals surface area contributed by atoms with Crippen molar-refractivity contribution in [2.24, 2.45) is 0 Å². The minimum absolute atomic E-state index is 0.125. The molecule has 1 heterocycles. The van der Waals surface area contributed by atoms with Crippen molar-refractivity contribution >= 4 is 23.4 Å². The summed E-state index contributed by atoms with van der Waals surface area (Å²) in [4.78, 5) is 24.7. The Morgan fingerprint density at radius 3 is 2.62 bits per heavy atom. The number of halogens is 1. The fourth-order valence-corrected chi connectivity index (χ4v) is 1.80. The minimum Gasteiger partial charge on any atom is -0.273 e. The molecule has 16 heavy (non-hydrogen) atoms. The number of nitriles is 1. The SMILES string of the molecule is N#CCCN1C(=O)c2ccc(Cl)cc2C1=O. The average Bonchev–Trinajstić information content (AvgIpc) is 2.50. The summed E-state index contributed by atoms with van der Waals surface area (Å²) in [5.74, 6) is -0.732. The number of fused-ring (bicyclic) bond motifs is 1. The molecular weight excluding hydrogens is 228 g/mol. The predicted octanol–water partition coefficient (Wildman–Crippen LogP) is 1.85. The Bertz CT molecular complexity index is 519. The number of carbonyl (C=O) groups excluding carboxylic acids is 2. The molecule has 0 aromatic heterocycles. The molecule has 0 unspecified atom stereocenters. The summed E-state index contributed by atoms with van der Waals surface area (Å²) < 4.78 is 0. The van der Waals surface area contributed by atoms with E-state index >= 15 is 0 Å². The normalized spacial score (nSPS) is 13.9. The number of hydrogen-bond acceptors (Lipinski definition) is 3. The molecule has 0 N–H and O–H groups in total. The summed E-state index contributed by atoms with van der Waals surface area (Å²) >= 11 is 5.75. The van der Waals surface area contributed by atoms with E-state index in [2.05, 4.69) is 0 Å². The lowest BCUT2D eigenvalue weighted by molar-refractivity contribution is 0.0658. The Morgan fingerprint density at radius 2 is 1.94 bits per heavy atom. The third-order valence-corrected chi connectivity index (χ3v) is 2.62. The third-order valence-electron chi connectivity index (χ3n) is 2.38. The summed E-state index contributed by atoms with van der Waals surface area (Å²) in [5, 5.41) is 8.86. The Kier molecular flexibility index (Phi) is 2.63. The van der Waals surface area contributed by atoms with E-state index < -0.39 is 0 Å². The Hall–Kier alpha value is -1.86. The van der Waals surface area contributed by atoms with Crippen molar-refractivity contribution in [3.05, 3.63) is 34.3 Å². The van der Waals surface area contributed by atoms with Crippen LogP contribution in [0.2, 0.25) is 5.02 Å². The van der Waals surface area contributed by atoms with Crippen molar-refractivity contribution in [2.75, 3.05) is 6.54 Å². The molecule has 0 saturated carbocycles.